The van der Waals surface area contributed by atoms with Crippen LogP contribution in [0.2, 0.25) is 0 Å². The Bertz CT molecular complexity index is 547. The van der Waals surface area contributed by atoms with Crippen LogP contribution in [0.15, 0.2) is 24.3 Å². The number of carbonyl (C=O) groups is 4. The van der Waals surface area contributed by atoms with Gasteiger partial charge in [0.15, 0.2) is 0 Å². The first-order chi connectivity index (χ1) is 9.00. The number of nitrogens with one attached hydrogen (secondary N) is 1. The van der Waals surface area contributed by atoms with E-state index in [-0.39, 0.29) is 17.7 Å². The molecule has 0 radical (unpaired) electrons. The van der Waals surface area contributed by atoms with Gasteiger partial charge in [-0.25, -0.2) is 0 Å². The molecule has 0 atom stereocenters. The molecule has 0 aromatic heterocycles. The fourth-order valence-corrected chi connectivity index (χ4v) is 1.77. The van der Waals surface area contributed by atoms with E-state index in [1.54, 1.807) is 12.1 Å². The smallest absolute Gasteiger partial charge is 0.262 e. The lowest BCUT2D eigenvalue weighted by molar-refractivity contribution is -0.124. The Hall–Kier alpha value is -2.70. The average molecular weight is 261 g/mol. The van der Waals surface area contributed by atoms with Crippen LogP contribution < -0.4 is 11.1 Å². The molecule has 0 aliphatic carbocycles. The minimum absolute atomic E-state index is 0.273. The second-order valence-corrected chi connectivity index (χ2v) is 3.99. The molecule has 0 bridgehead atoms. The quantitative estimate of drug-likeness (QED) is 0.669. The molecule has 0 saturated carbocycles. The molecule has 19 heavy (non-hydrogen) atoms. The first-order valence-corrected chi connectivity index (χ1v) is 5.51. The molecule has 1 aromatic rings. The van der Waals surface area contributed by atoms with Crippen molar-refractivity contribution in [3.05, 3.63) is 35.4 Å². The van der Waals surface area contributed by atoms with E-state index < -0.39 is 30.2 Å². The molecule has 2 rings (SSSR count). The first kappa shape index (κ1) is 12.7. The minimum Gasteiger partial charge on any atom is -0.368 e. The molecule has 1 aromatic carbocycles. The van der Waals surface area contributed by atoms with Crippen LogP contribution in [0.5, 0.6) is 0 Å². The second kappa shape index (κ2) is 4.89. The molecule has 4 amide bonds. The van der Waals surface area contributed by atoms with E-state index in [0.717, 1.165) is 4.90 Å². The molecule has 0 spiro atoms. The monoisotopic (exact) mass is 261 g/mol. The van der Waals surface area contributed by atoms with Crippen LogP contribution in [-0.2, 0) is 9.59 Å². The third kappa shape index (κ3) is 2.44. The van der Waals surface area contributed by atoms with E-state index in [1.165, 1.54) is 12.1 Å². The molecule has 1 aliphatic heterocycles. The summed E-state index contributed by atoms with van der Waals surface area (Å²) in [5, 5.41) is 2.22. The highest BCUT2D eigenvalue weighted by atomic mass is 16.2. The molecule has 1 heterocycles. The fraction of sp³-hybridized carbons (Fsp3) is 0.167. The predicted octanol–water partition coefficient (Wildman–Crippen LogP) is -1.12. The van der Waals surface area contributed by atoms with Crippen LogP contribution in [0.25, 0.3) is 0 Å². The van der Waals surface area contributed by atoms with Crippen molar-refractivity contribution in [1.82, 2.24) is 10.2 Å². The van der Waals surface area contributed by atoms with Crippen molar-refractivity contribution in [3.8, 4) is 0 Å². The number of nitrogens with two attached hydrogens (primary N) is 1. The Morgan fingerprint density at radius 3 is 2.11 bits per heavy atom. The van der Waals surface area contributed by atoms with Gasteiger partial charge in [-0.2, -0.15) is 0 Å². The van der Waals surface area contributed by atoms with E-state index in [4.69, 9.17) is 5.73 Å². The predicted molar refractivity (Wildman–Crippen MR) is 64.0 cm³/mol. The summed E-state index contributed by atoms with van der Waals surface area (Å²) in [6.45, 7) is -0.762. The Labute approximate surface area is 108 Å². The van der Waals surface area contributed by atoms with Crippen molar-refractivity contribution in [2.24, 2.45) is 5.73 Å². The lowest BCUT2D eigenvalue weighted by Gasteiger charge is -2.12. The maximum absolute atomic E-state index is 11.9. The highest BCUT2D eigenvalue weighted by Crippen LogP contribution is 2.21. The van der Waals surface area contributed by atoms with Gasteiger partial charge in [0.05, 0.1) is 17.7 Å². The van der Waals surface area contributed by atoms with Crippen molar-refractivity contribution in [3.63, 3.8) is 0 Å². The highest BCUT2D eigenvalue weighted by Gasteiger charge is 2.36. The van der Waals surface area contributed by atoms with E-state index >= 15 is 0 Å². The van der Waals surface area contributed by atoms with Gasteiger partial charge in [0, 0.05) is 0 Å². The van der Waals surface area contributed by atoms with Crippen LogP contribution in [0.3, 0.4) is 0 Å². The lowest BCUT2D eigenvalue weighted by Crippen LogP contribution is -2.42. The SMILES string of the molecule is NC(=O)CNC(=O)CN1C(=O)c2ccccc2C1=O. The second-order valence-electron chi connectivity index (χ2n) is 3.99. The number of fused-ring (bicyclic) bond motifs is 1. The van der Waals surface area contributed by atoms with Gasteiger partial charge in [0.1, 0.15) is 6.54 Å². The normalized spacial score (nSPS) is 13.4. The van der Waals surface area contributed by atoms with Gasteiger partial charge in [-0.1, -0.05) is 12.1 Å². The third-order valence-electron chi connectivity index (χ3n) is 2.64. The zero-order valence-corrected chi connectivity index (χ0v) is 9.88. The minimum atomic E-state index is -0.698. The standard InChI is InChI=1S/C12H11N3O4/c13-9(16)5-14-10(17)6-15-11(18)7-3-1-2-4-8(7)12(15)19/h1-4H,5-6H2,(H2,13,16)(H,14,17). The number of amides is 4. The van der Waals surface area contributed by atoms with Gasteiger partial charge in [-0.05, 0) is 12.1 Å². The average Bonchev–Trinajstić information content (AvgIpc) is 2.62. The number of nitrogens with zero attached hydrogens (tertiary/aromatic N) is 1. The Morgan fingerprint density at radius 2 is 1.63 bits per heavy atom. The molecule has 0 saturated heterocycles. The highest BCUT2D eigenvalue weighted by molar-refractivity contribution is 6.22. The summed E-state index contributed by atoms with van der Waals surface area (Å²) in [6.07, 6.45) is 0. The van der Waals surface area contributed by atoms with Crippen molar-refractivity contribution in [2.45, 2.75) is 0 Å². The summed E-state index contributed by atoms with van der Waals surface area (Å²) in [5.41, 5.74) is 5.42. The largest absolute Gasteiger partial charge is 0.368 e. The topological polar surface area (TPSA) is 110 Å². The van der Waals surface area contributed by atoms with Crippen LogP contribution in [0.1, 0.15) is 20.7 Å². The summed E-state index contributed by atoms with van der Waals surface area (Å²) < 4.78 is 0. The molecule has 98 valence electrons. The summed E-state index contributed by atoms with van der Waals surface area (Å²) in [6, 6.07) is 6.33. The van der Waals surface area contributed by atoms with Gasteiger partial charge in [0.25, 0.3) is 11.8 Å². The molecule has 1 aliphatic rings. The molecule has 3 N–H and O–H groups in total. The Kier molecular flexibility index (Phi) is 3.28. The van der Waals surface area contributed by atoms with Crippen LogP contribution in [-0.4, -0.2) is 41.6 Å². The maximum Gasteiger partial charge on any atom is 0.262 e. The number of imide groups is 1. The Morgan fingerprint density at radius 1 is 1.11 bits per heavy atom. The zero-order valence-electron chi connectivity index (χ0n) is 9.88. The van der Waals surface area contributed by atoms with Gasteiger partial charge in [-0.3, -0.25) is 24.1 Å². The third-order valence-corrected chi connectivity index (χ3v) is 2.64. The zero-order chi connectivity index (χ0) is 14.0. The molecule has 0 unspecified atom stereocenters. The lowest BCUT2D eigenvalue weighted by atomic mass is 10.1. The fourth-order valence-electron chi connectivity index (χ4n) is 1.77. The van der Waals surface area contributed by atoms with Crippen molar-refractivity contribution < 1.29 is 19.2 Å². The van der Waals surface area contributed by atoms with Crippen LogP contribution in [0.4, 0.5) is 0 Å². The number of rotatable bonds is 4. The van der Waals surface area contributed by atoms with E-state index in [9.17, 15) is 19.2 Å². The molecular formula is C12H11N3O4. The van der Waals surface area contributed by atoms with Crippen LogP contribution >= 0.6 is 0 Å². The molecular weight excluding hydrogens is 250 g/mol. The van der Waals surface area contributed by atoms with E-state index in [1.807, 2.05) is 0 Å². The summed E-state index contributed by atoms with van der Waals surface area (Å²) in [7, 11) is 0. The van der Waals surface area contributed by atoms with Crippen molar-refractivity contribution in [1.29, 1.82) is 0 Å². The molecule has 7 heteroatoms. The van der Waals surface area contributed by atoms with Crippen molar-refractivity contribution in [2.75, 3.05) is 13.1 Å². The van der Waals surface area contributed by atoms with E-state index in [0.29, 0.717) is 0 Å². The van der Waals surface area contributed by atoms with Gasteiger partial charge in [-0.15, -0.1) is 0 Å². The molecule has 0 fully saturated rings. The maximum atomic E-state index is 11.9. The molecule has 7 nitrogen and oxygen atoms in total. The number of hydrogen-bond acceptors (Lipinski definition) is 4. The van der Waals surface area contributed by atoms with Crippen LogP contribution in [0, 0.1) is 0 Å². The summed E-state index contributed by atoms with van der Waals surface area (Å²) >= 11 is 0. The van der Waals surface area contributed by atoms with Crippen molar-refractivity contribution >= 4 is 23.6 Å². The van der Waals surface area contributed by atoms with Gasteiger partial charge < -0.3 is 11.1 Å². The van der Waals surface area contributed by atoms with Gasteiger partial charge >= 0.3 is 0 Å². The summed E-state index contributed by atoms with van der Waals surface area (Å²) in [5.74, 6) is -2.35. The number of primary amides is 1. The Balaban J connectivity index is 2.08. The summed E-state index contributed by atoms with van der Waals surface area (Å²) in [4.78, 5) is 46.7. The van der Waals surface area contributed by atoms with E-state index in [2.05, 4.69) is 5.32 Å². The number of benzene rings is 1. The van der Waals surface area contributed by atoms with Gasteiger partial charge in [0.2, 0.25) is 11.8 Å². The number of hydrogen-bond donors (Lipinski definition) is 2. The number of carbonyl (C=O) groups excluding carboxylic acids is 4. The first-order valence-electron chi connectivity index (χ1n) is 5.51.